The number of nitrogens with one attached hydrogen (secondary N) is 3. The van der Waals surface area contributed by atoms with Crippen molar-refractivity contribution in [3.8, 4) is 11.3 Å². The molecular weight excluding hydrogens is 454 g/mol. The number of hydrogen-bond acceptors (Lipinski definition) is 8. The molecule has 1 aromatic carbocycles. The van der Waals surface area contributed by atoms with Crippen LogP contribution in [-0.4, -0.2) is 83.1 Å². The largest absolute Gasteiger partial charge is 0.357 e. The van der Waals surface area contributed by atoms with E-state index in [1.807, 2.05) is 36.5 Å². The fourth-order valence-electron chi connectivity index (χ4n) is 5.24. The predicted octanol–water partition coefficient (Wildman–Crippen LogP) is 3.46. The highest BCUT2D eigenvalue weighted by atomic mass is 16.2. The van der Waals surface area contributed by atoms with Gasteiger partial charge in [-0.15, -0.1) is 0 Å². The number of aromatic nitrogens is 3. The summed E-state index contributed by atoms with van der Waals surface area (Å²) in [5, 5.41) is 8.90. The number of anilines is 5. The molecule has 2 fully saturated rings. The quantitative estimate of drug-likeness (QED) is 0.517. The summed E-state index contributed by atoms with van der Waals surface area (Å²) in [5.41, 5.74) is 3.59. The number of pyridine rings is 1. The summed E-state index contributed by atoms with van der Waals surface area (Å²) in [6, 6.07) is 12.0. The fourth-order valence-corrected chi connectivity index (χ4v) is 5.24. The summed E-state index contributed by atoms with van der Waals surface area (Å²) in [7, 11) is 2.21. The lowest BCUT2D eigenvalue weighted by molar-refractivity contribution is 0.0981. The van der Waals surface area contributed by atoms with Crippen molar-refractivity contribution in [1.82, 2.24) is 24.8 Å². The van der Waals surface area contributed by atoms with Crippen LogP contribution in [0.25, 0.3) is 11.3 Å². The molecule has 5 heterocycles. The third kappa shape index (κ3) is 4.69. The van der Waals surface area contributed by atoms with E-state index in [2.05, 4.69) is 48.7 Å². The summed E-state index contributed by atoms with van der Waals surface area (Å²) < 4.78 is 0. The minimum atomic E-state index is -0.308. The van der Waals surface area contributed by atoms with Gasteiger partial charge in [0.1, 0.15) is 11.5 Å². The van der Waals surface area contributed by atoms with Crippen molar-refractivity contribution in [3.63, 3.8) is 0 Å². The zero-order chi connectivity index (χ0) is 24.5. The van der Waals surface area contributed by atoms with Crippen LogP contribution in [0.15, 0.2) is 48.8 Å². The molecule has 6 rings (SSSR count). The van der Waals surface area contributed by atoms with Crippen LogP contribution in [0.5, 0.6) is 0 Å². The Morgan fingerprint density at radius 1 is 0.889 bits per heavy atom. The van der Waals surface area contributed by atoms with Crippen LogP contribution in [0, 0.1) is 0 Å². The van der Waals surface area contributed by atoms with Gasteiger partial charge in [0, 0.05) is 50.9 Å². The first-order valence-corrected chi connectivity index (χ1v) is 12.6. The van der Waals surface area contributed by atoms with E-state index in [4.69, 9.17) is 9.97 Å². The van der Waals surface area contributed by atoms with Crippen molar-refractivity contribution in [2.45, 2.75) is 18.9 Å². The lowest BCUT2D eigenvalue weighted by Gasteiger charge is -2.42. The number of nitrogens with zero attached hydrogens (tertiary/aromatic N) is 6. The zero-order valence-electron chi connectivity index (χ0n) is 20.4. The number of para-hydroxylation sites is 1. The van der Waals surface area contributed by atoms with E-state index in [0.717, 1.165) is 30.2 Å². The smallest absolute Gasteiger partial charge is 0.323 e. The number of fused-ring (bicyclic) bond motifs is 3. The van der Waals surface area contributed by atoms with E-state index in [0.29, 0.717) is 29.1 Å². The Labute approximate surface area is 210 Å². The topological polar surface area (TPSA) is 102 Å². The zero-order valence-corrected chi connectivity index (χ0v) is 20.4. The van der Waals surface area contributed by atoms with Crippen LogP contribution in [0.3, 0.4) is 0 Å². The standard InChI is InChI=1S/C26H31N9O/c1-33-12-14-34(15-13-33)19-8-10-35(11-9-19)23-7-6-18(16-27-23)29-25-28-17-22-24(32-25)20-4-2-3-5-21(20)30-26(36)31-22/h2-7,16-17,19H,8-15H2,1H3,(H,28,29,32)(H2,30,31,36). The molecule has 10 nitrogen and oxygen atoms in total. The van der Waals surface area contributed by atoms with Crippen molar-refractivity contribution < 1.29 is 4.79 Å². The minimum absolute atomic E-state index is 0.308. The molecule has 3 aromatic rings. The van der Waals surface area contributed by atoms with Gasteiger partial charge in [-0.1, -0.05) is 18.2 Å². The van der Waals surface area contributed by atoms with Crippen LogP contribution >= 0.6 is 0 Å². The predicted molar refractivity (Wildman–Crippen MR) is 142 cm³/mol. The highest BCUT2D eigenvalue weighted by molar-refractivity contribution is 6.07. The van der Waals surface area contributed by atoms with Gasteiger partial charge >= 0.3 is 6.03 Å². The van der Waals surface area contributed by atoms with Gasteiger partial charge in [0.25, 0.3) is 0 Å². The normalized spacial score (nSPS) is 19.0. The molecule has 3 aliphatic heterocycles. The molecule has 186 valence electrons. The van der Waals surface area contributed by atoms with E-state index in [1.54, 1.807) is 6.20 Å². The molecule has 2 saturated heterocycles. The Balaban J connectivity index is 1.11. The maximum Gasteiger partial charge on any atom is 0.323 e. The summed E-state index contributed by atoms with van der Waals surface area (Å²) in [5.74, 6) is 1.45. The third-order valence-corrected chi connectivity index (χ3v) is 7.31. The molecule has 36 heavy (non-hydrogen) atoms. The van der Waals surface area contributed by atoms with E-state index in [9.17, 15) is 4.79 Å². The second kappa shape index (κ2) is 9.71. The summed E-state index contributed by atoms with van der Waals surface area (Å²) in [6.07, 6.45) is 5.81. The molecule has 0 unspecified atom stereocenters. The number of benzene rings is 1. The fraction of sp³-hybridized carbons (Fsp3) is 0.385. The Kier molecular flexibility index (Phi) is 6.12. The van der Waals surface area contributed by atoms with Gasteiger partial charge in [-0.25, -0.2) is 19.7 Å². The molecular formula is C26H31N9O. The van der Waals surface area contributed by atoms with E-state index in [-0.39, 0.29) is 6.03 Å². The first-order chi connectivity index (χ1) is 17.6. The van der Waals surface area contributed by atoms with Crippen molar-refractivity contribution >= 4 is 34.9 Å². The average Bonchev–Trinajstić information content (AvgIpc) is 3.05. The van der Waals surface area contributed by atoms with Gasteiger partial charge in [-0.3, -0.25) is 4.90 Å². The van der Waals surface area contributed by atoms with Gasteiger partial charge in [0.05, 0.1) is 29.5 Å². The van der Waals surface area contributed by atoms with Crippen molar-refractivity contribution in [1.29, 1.82) is 0 Å². The molecule has 3 aliphatic rings. The summed E-state index contributed by atoms with van der Waals surface area (Å²) in [6.45, 7) is 6.76. The SMILES string of the molecule is CN1CCN(C2CCN(c3ccc(Nc4ncc5c(n4)-c4ccccc4NC(=O)N5)cn3)CC2)CC1. The number of carbonyl (C=O) groups is 1. The van der Waals surface area contributed by atoms with Crippen LogP contribution in [0.2, 0.25) is 0 Å². The maximum atomic E-state index is 12.1. The number of amides is 2. The third-order valence-electron chi connectivity index (χ3n) is 7.31. The number of urea groups is 1. The second-order valence-electron chi connectivity index (χ2n) is 9.67. The van der Waals surface area contributed by atoms with Crippen LogP contribution in [-0.2, 0) is 0 Å². The highest BCUT2D eigenvalue weighted by Gasteiger charge is 2.27. The summed E-state index contributed by atoms with van der Waals surface area (Å²) in [4.78, 5) is 33.4. The lowest BCUT2D eigenvalue weighted by atomic mass is 10.0. The van der Waals surface area contributed by atoms with E-state index >= 15 is 0 Å². The van der Waals surface area contributed by atoms with Crippen molar-refractivity contribution in [2.75, 3.05) is 67.2 Å². The molecule has 3 N–H and O–H groups in total. The van der Waals surface area contributed by atoms with Crippen LogP contribution < -0.4 is 20.9 Å². The lowest BCUT2D eigenvalue weighted by Crippen LogP contribution is -2.52. The van der Waals surface area contributed by atoms with Crippen LogP contribution in [0.4, 0.5) is 33.6 Å². The monoisotopic (exact) mass is 485 g/mol. The number of rotatable bonds is 4. The number of hydrogen-bond donors (Lipinski definition) is 3. The first-order valence-electron chi connectivity index (χ1n) is 12.6. The Morgan fingerprint density at radius 2 is 1.67 bits per heavy atom. The number of piperidine rings is 1. The minimum Gasteiger partial charge on any atom is -0.357 e. The number of likely N-dealkylation sites (N-methyl/N-ethyl adjacent to an activating group) is 1. The molecule has 0 aliphatic carbocycles. The molecule has 0 atom stereocenters. The van der Waals surface area contributed by atoms with Crippen molar-refractivity contribution in [3.05, 3.63) is 48.8 Å². The second-order valence-corrected chi connectivity index (χ2v) is 9.67. The van der Waals surface area contributed by atoms with Crippen LogP contribution in [0.1, 0.15) is 12.8 Å². The Morgan fingerprint density at radius 3 is 2.44 bits per heavy atom. The molecule has 2 amide bonds. The van der Waals surface area contributed by atoms with Gasteiger partial charge in [-0.2, -0.15) is 0 Å². The number of carbonyl (C=O) groups excluding carboxylic acids is 1. The highest BCUT2D eigenvalue weighted by Crippen LogP contribution is 2.35. The number of piperazine rings is 1. The Hall–Kier alpha value is -3.76. The first kappa shape index (κ1) is 22.7. The molecule has 10 heteroatoms. The molecule has 2 aromatic heterocycles. The molecule has 0 bridgehead atoms. The summed E-state index contributed by atoms with van der Waals surface area (Å²) >= 11 is 0. The molecule has 0 saturated carbocycles. The van der Waals surface area contributed by atoms with Crippen molar-refractivity contribution in [2.24, 2.45) is 0 Å². The van der Waals surface area contributed by atoms with Gasteiger partial charge in [-0.05, 0) is 38.1 Å². The molecule has 0 radical (unpaired) electrons. The average molecular weight is 486 g/mol. The molecule has 0 spiro atoms. The van der Waals surface area contributed by atoms with Gasteiger partial charge < -0.3 is 25.8 Å². The Bertz CT molecular complexity index is 1230. The van der Waals surface area contributed by atoms with E-state index in [1.165, 1.54) is 39.0 Å². The van der Waals surface area contributed by atoms with Gasteiger partial charge in [0.15, 0.2) is 0 Å². The maximum absolute atomic E-state index is 12.1. The van der Waals surface area contributed by atoms with E-state index < -0.39 is 0 Å². The van der Waals surface area contributed by atoms with Gasteiger partial charge in [0.2, 0.25) is 5.95 Å².